The van der Waals surface area contributed by atoms with Gasteiger partial charge in [0.05, 0.1) is 6.33 Å². The molecule has 4 rings (SSSR count). The third-order valence-electron chi connectivity index (χ3n) is 5.78. The fraction of sp³-hybridized carbons (Fsp3) is 0.360. The van der Waals surface area contributed by atoms with Gasteiger partial charge in [-0.15, -0.1) is 24.0 Å². The molecule has 0 atom stereocenters. The molecule has 1 aliphatic heterocycles. The molecule has 1 aromatic heterocycles. The van der Waals surface area contributed by atoms with Crippen molar-refractivity contribution < 1.29 is 0 Å². The predicted octanol–water partition coefficient (Wildman–Crippen LogP) is 3.88. The Morgan fingerprint density at radius 3 is 2.47 bits per heavy atom. The van der Waals surface area contributed by atoms with Crippen LogP contribution in [0.15, 0.2) is 78.3 Å². The van der Waals surface area contributed by atoms with Gasteiger partial charge in [0.2, 0.25) is 0 Å². The van der Waals surface area contributed by atoms with Gasteiger partial charge in [-0.25, -0.2) is 4.98 Å². The van der Waals surface area contributed by atoms with Crippen molar-refractivity contribution in [3.63, 3.8) is 0 Å². The molecule has 32 heavy (non-hydrogen) atoms. The van der Waals surface area contributed by atoms with Crippen molar-refractivity contribution in [2.24, 2.45) is 4.99 Å². The quantitative estimate of drug-likeness (QED) is 0.270. The van der Waals surface area contributed by atoms with E-state index in [1.807, 2.05) is 25.8 Å². The van der Waals surface area contributed by atoms with Gasteiger partial charge in [0.1, 0.15) is 0 Å². The van der Waals surface area contributed by atoms with Crippen molar-refractivity contribution in [2.75, 3.05) is 20.1 Å². The summed E-state index contributed by atoms with van der Waals surface area (Å²) in [5.41, 5.74) is 3.91. The summed E-state index contributed by atoms with van der Waals surface area (Å²) in [4.78, 5) is 11.1. The maximum Gasteiger partial charge on any atom is 0.191 e. The molecule has 0 unspecified atom stereocenters. The minimum absolute atomic E-state index is 0. The number of benzene rings is 2. The minimum Gasteiger partial charge on any atom is -0.354 e. The van der Waals surface area contributed by atoms with E-state index in [0.29, 0.717) is 6.04 Å². The molecule has 7 heteroatoms. The first-order chi connectivity index (χ1) is 15.3. The van der Waals surface area contributed by atoms with Crippen LogP contribution in [0.25, 0.3) is 0 Å². The van der Waals surface area contributed by atoms with Crippen LogP contribution in [0.3, 0.4) is 0 Å². The number of likely N-dealkylation sites (tertiary alicyclic amines) is 1. The van der Waals surface area contributed by atoms with Crippen LogP contribution < -0.4 is 10.6 Å². The van der Waals surface area contributed by atoms with E-state index in [-0.39, 0.29) is 24.0 Å². The van der Waals surface area contributed by atoms with E-state index in [9.17, 15) is 0 Å². The van der Waals surface area contributed by atoms with E-state index < -0.39 is 0 Å². The number of imidazole rings is 1. The predicted molar refractivity (Wildman–Crippen MR) is 141 cm³/mol. The van der Waals surface area contributed by atoms with E-state index in [0.717, 1.165) is 51.5 Å². The van der Waals surface area contributed by atoms with Gasteiger partial charge in [-0.2, -0.15) is 0 Å². The molecule has 1 aliphatic rings. The highest BCUT2D eigenvalue weighted by atomic mass is 127. The number of rotatable bonds is 7. The van der Waals surface area contributed by atoms with Gasteiger partial charge in [-0.1, -0.05) is 54.6 Å². The Morgan fingerprint density at radius 2 is 1.75 bits per heavy atom. The fourth-order valence-electron chi connectivity index (χ4n) is 4.08. The van der Waals surface area contributed by atoms with Crippen molar-refractivity contribution >= 4 is 29.9 Å². The zero-order chi connectivity index (χ0) is 21.3. The largest absolute Gasteiger partial charge is 0.354 e. The molecule has 0 saturated carbocycles. The van der Waals surface area contributed by atoms with Gasteiger partial charge in [-0.3, -0.25) is 9.89 Å². The summed E-state index contributed by atoms with van der Waals surface area (Å²) in [6.45, 7) is 4.85. The highest BCUT2D eigenvalue weighted by molar-refractivity contribution is 14.0. The average molecular weight is 544 g/mol. The Bertz CT molecular complexity index is 950. The van der Waals surface area contributed by atoms with Gasteiger partial charge in [0.25, 0.3) is 0 Å². The Hall–Kier alpha value is -2.39. The summed E-state index contributed by atoms with van der Waals surface area (Å²) in [6.07, 6.45) is 7.92. The number of aromatic nitrogens is 2. The Morgan fingerprint density at radius 1 is 1.00 bits per heavy atom. The van der Waals surface area contributed by atoms with Crippen molar-refractivity contribution in [3.05, 3.63) is 90.0 Å². The number of nitrogens with zero attached hydrogens (tertiary/aromatic N) is 4. The van der Waals surface area contributed by atoms with Crippen LogP contribution in [0.1, 0.15) is 29.5 Å². The number of nitrogens with one attached hydrogen (secondary N) is 2. The minimum atomic E-state index is 0. The molecule has 2 aromatic carbocycles. The lowest BCUT2D eigenvalue weighted by molar-refractivity contribution is 0.198. The maximum atomic E-state index is 4.44. The van der Waals surface area contributed by atoms with Crippen molar-refractivity contribution in [2.45, 2.75) is 38.5 Å². The standard InChI is InChI=1S/C25H32N6.HI/c1-26-25(28-17-22-8-5-9-23(16-22)19-31-15-12-27-20-31)29-24-10-13-30(14-11-24)18-21-6-3-2-4-7-21;/h2-9,12,15-16,20,24H,10-11,13-14,17-19H2,1H3,(H2,26,28,29);1H. The highest BCUT2D eigenvalue weighted by Crippen LogP contribution is 2.14. The second kappa shape index (κ2) is 12.6. The summed E-state index contributed by atoms with van der Waals surface area (Å²) in [5, 5.41) is 7.09. The van der Waals surface area contributed by atoms with Crippen LogP contribution in [0, 0.1) is 0 Å². The zero-order valence-electron chi connectivity index (χ0n) is 18.7. The summed E-state index contributed by atoms with van der Waals surface area (Å²) < 4.78 is 2.08. The molecule has 0 aliphatic carbocycles. The first-order valence-electron chi connectivity index (χ1n) is 11.1. The van der Waals surface area contributed by atoms with E-state index in [1.54, 1.807) is 0 Å². The van der Waals surface area contributed by atoms with E-state index >= 15 is 0 Å². The molecule has 1 fully saturated rings. The molecule has 3 aromatic rings. The van der Waals surface area contributed by atoms with Gasteiger partial charge in [-0.05, 0) is 29.5 Å². The highest BCUT2D eigenvalue weighted by Gasteiger charge is 2.20. The van der Waals surface area contributed by atoms with Crippen molar-refractivity contribution in [3.8, 4) is 0 Å². The molecule has 0 spiro atoms. The molecule has 2 N–H and O–H groups in total. The molecule has 170 valence electrons. The fourth-order valence-corrected chi connectivity index (χ4v) is 4.08. The number of guanidine groups is 1. The topological polar surface area (TPSA) is 57.5 Å². The number of piperidine rings is 1. The summed E-state index contributed by atoms with van der Waals surface area (Å²) in [6, 6.07) is 19.9. The first kappa shape index (κ1) is 24.3. The smallest absolute Gasteiger partial charge is 0.191 e. The Kier molecular flexibility index (Phi) is 9.55. The number of hydrogen-bond donors (Lipinski definition) is 2. The van der Waals surface area contributed by atoms with Gasteiger partial charge < -0.3 is 15.2 Å². The van der Waals surface area contributed by atoms with Crippen molar-refractivity contribution in [1.29, 1.82) is 0 Å². The van der Waals surface area contributed by atoms with E-state index in [1.165, 1.54) is 16.7 Å². The second-order valence-corrected chi connectivity index (χ2v) is 8.16. The van der Waals surface area contributed by atoms with Crippen LogP contribution in [0.5, 0.6) is 0 Å². The van der Waals surface area contributed by atoms with Crippen LogP contribution in [0.4, 0.5) is 0 Å². The van der Waals surface area contributed by atoms with Gasteiger partial charge in [0.15, 0.2) is 5.96 Å². The van der Waals surface area contributed by atoms with Crippen molar-refractivity contribution in [1.82, 2.24) is 25.1 Å². The molecular weight excluding hydrogens is 511 g/mol. The monoisotopic (exact) mass is 544 g/mol. The van der Waals surface area contributed by atoms with E-state index in [2.05, 4.69) is 84.7 Å². The lowest BCUT2D eigenvalue weighted by atomic mass is 10.0. The van der Waals surface area contributed by atoms with Gasteiger partial charge >= 0.3 is 0 Å². The molecule has 1 saturated heterocycles. The number of hydrogen-bond acceptors (Lipinski definition) is 3. The van der Waals surface area contributed by atoms with Crippen LogP contribution in [0.2, 0.25) is 0 Å². The Balaban J connectivity index is 0.00000289. The normalized spacial score (nSPS) is 15.2. The zero-order valence-corrected chi connectivity index (χ0v) is 21.0. The summed E-state index contributed by atoms with van der Waals surface area (Å²) >= 11 is 0. The maximum absolute atomic E-state index is 4.44. The number of aliphatic imine (C=N–C) groups is 1. The number of halogens is 1. The Labute approximate surface area is 208 Å². The molecule has 0 radical (unpaired) electrons. The van der Waals surface area contributed by atoms with Crippen LogP contribution in [-0.2, 0) is 19.6 Å². The van der Waals surface area contributed by atoms with E-state index in [4.69, 9.17) is 0 Å². The summed E-state index contributed by atoms with van der Waals surface area (Å²) in [7, 11) is 1.84. The average Bonchev–Trinajstić information content (AvgIpc) is 3.32. The molecule has 2 heterocycles. The lowest BCUT2D eigenvalue weighted by Crippen LogP contribution is -2.48. The SMILES string of the molecule is CN=C(NCc1cccc(Cn2ccnc2)c1)NC1CCN(Cc2ccccc2)CC1.I. The molecular formula is C25H33IN6. The third kappa shape index (κ3) is 7.34. The van der Waals surface area contributed by atoms with Gasteiger partial charge in [0, 0.05) is 58.2 Å². The second-order valence-electron chi connectivity index (χ2n) is 8.16. The molecule has 0 bridgehead atoms. The third-order valence-corrected chi connectivity index (χ3v) is 5.78. The van der Waals surface area contributed by atoms with Crippen LogP contribution >= 0.6 is 24.0 Å². The van der Waals surface area contributed by atoms with Crippen LogP contribution in [-0.4, -0.2) is 46.6 Å². The molecule has 6 nitrogen and oxygen atoms in total. The lowest BCUT2D eigenvalue weighted by Gasteiger charge is -2.33. The molecule has 0 amide bonds. The summed E-state index contributed by atoms with van der Waals surface area (Å²) in [5.74, 6) is 0.876. The first-order valence-corrected chi connectivity index (χ1v) is 11.1.